The van der Waals surface area contributed by atoms with Crippen molar-refractivity contribution >= 4 is 82.0 Å². The predicted molar refractivity (Wildman–Crippen MR) is 209 cm³/mol. The van der Waals surface area contributed by atoms with Crippen LogP contribution in [0.5, 0.6) is 0 Å². The lowest BCUT2D eigenvalue weighted by Crippen LogP contribution is -2.09. The van der Waals surface area contributed by atoms with Gasteiger partial charge in [-0.2, -0.15) is 0 Å². The van der Waals surface area contributed by atoms with Gasteiger partial charge in [0, 0.05) is 49.9 Å². The molecule has 0 aliphatic heterocycles. The summed E-state index contributed by atoms with van der Waals surface area (Å²) in [6, 6.07) is 63.0. The van der Waals surface area contributed by atoms with Crippen molar-refractivity contribution in [2.75, 3.05) is 4.90 Å². The third-order valence-electron chi connectivity index (χ3n) is 9.59. The lowest BCUT2D eigenvalue weighted by atomic mass is 10.0. The number of benzene rings is 8. The largest absolute Gasteiger partial charge is 0.310 e. The highest BCUT2D eigenvalue weighted by Crippen LogP contribution is 2.43. The average molecular weight is 644 g/mol. The highest BCUT2D eigenvalue weighted by atomic mass is 32.1. The maximum absolute atomic E-state index is 5.25. The number of fused-ring (bicyclic) bond motifs is 9. The van der Waals surface area contributed by atoms with Gasteiger partial charge in [0.15, 0.2) is 0 Å². The molecule has 0 aliphatic carbocycles. The minimum absolute atomic E-state index is 1.03. The standard InChI is InChI=1S/C45H29N3S/c1-3-13-31(14-4-1)47(34-27-28-42-40(29-34)37-19-11-12-22-41(37)48(42)32-15-5-2-6-16-32)33-25-23-30(24-26-33)45-46-43-38-20-9-7-17-35(38)36-18-8-10-21-39(36)44(43)49-45/h1-29H. The molecule has 0 saturated heterocycles. The number of rotatable bonds is 5. The van der Waals surface area contributed by atoms with Crippen LogP contribution < -0.4 is 4.90 Å². The molecule has 0 bridgehead atoms. The topological polar surface area (TPSA) is 21.1 Å². The molecule has 4 heteroatoms. The fourth-order valence-electron chi connectivity index (χ4n) is 7.38. The van der Waals surface area contributed by atoms with Crippen LogP contribution in [0.15, 0.2) is 176 Å². The van der Waals surface area contributed by atoms with Gasteiger partial charge < -0.3 is 9.47 Å². The van der Waals surface area contributed by atoms with E-state index in [4.69, 9.17) is 4.98 Å². The van der Waals surface area contributed by atoms with E-state index >= 15 is 0 Å². The molecule has 0 saturated carbocycles. The number of nitrogens with zero attached hydrogens (tertiary/aromatic N) is 3. The van der Waals surface area contributed by atoms with Crippen LogP contribution in [0.25, 0.3) is 69.8 Å². The molecule has 3 nitrogen and oxygen atoms in total. The maximum atomic E-state index is 5.25. The summed E-state index contributed by atoms with van der Waals surface area (Å²) in [6.07, 6.45) is 0. The second-order valence-electron chi connectivity index (χ2n) is 12.4. The Morgan fingerprint density at radius 3 is 1.73 bits per heavy atom. The van der Waals surface area contributed by atoms with E-state index in [1.807, 2.05) is 0 Å². The summed E-state index contributed by atoms with van der Waals surface area (Å²) in [5.74, 6) is 0. The molecule has 2 heterocycles. The van der Waals surface area contributed by atoms with Crippen LogP contribution >= 0.6 is 11.3 Å². The van der Waals surface area contributed by atoms with Crippen molar-refractivity contribution < 1.29 is 0 Å². The Labute approximate surface area is 287 Å². The molecule has 10 aromatic rings. The number of anilines is 3. The van der Waals surface area contributed by atoms with E-state index in [2.05, 4.69) is 185 Å². The van der Waals surface area contributed by atoms with E-state index in [0.717, 1.165) is 38.8 Å². The van der Waals surface area contributed by atoms with Crippen LogP contribution in [-0.2, 0) is 0 Å². The zero-order chi connectivity index (χ0) is 32.3. The first-order valence-electron chi connectivity index (χ1n) is 16.6. The molecule has 0 N–H and O–H groups in total. The molecule has 0 aliphatic rings. The second-order valence-corrected chi connectivity index (χ2v) is 13.4. The van der Waals surface area contributed by atoms with Gasteiger partial charge in [0.05, 0.1) is 21.3 Å². The van der Waals surface area contributed by atoms with E-state index in [9.17, 15) is 0 Å². The molecular formula is C45H29N3S. The number of hydrogen-bond acceptors (Lipinski definition) is 3. The molecule has 230 valence electrons. The third kappa shape index (κ3) is 4.46. The van der Waals surface area contributed by atoms with Gasteiger partial charge in [0.2, 0.25) is 0 Å². The van der Waals surface area contributed by atoms with Crippen LogP contribution in [0.1, 0.15) is 0 Å². The van der Waals surface area contributed by atoms with Crippen molar-refractivity contribution in [3.8, 4) is 16.3 Å². The smallest absolute Gasteiger partial charge is 0.124 e. The highest BCUT2D eigenvalue weighted by Gasteiger charge is 2.18. The highest BCUT2D eigenvalue weighted by molar-refractivity contribution is 7.22. The lowest BCUT2D eigenvalue weighted by Gasteiger charge is -2.25. The van der Waals surface area contributed by atoms with Gasteiger partial charge in [-0.3, -0.25) is 0 Å². The van der Waals surface area contributed by atoms with Crippen LogP contribution in [0.2, 0.25) is 0 Å². The van der Waals surface area contributed by atoms with Gasteiger partial charge in [-0.1, -0.05) is 103 Å². The Morgan fingerprint density at radius 1 is 0.429 bits per heavy atom. The molecule has 0 spiro atoms. The zero-order valence-electron chi connectivity index (χ0n) is 26.5. The lowest BCUT2D eigenvalue weighted by molar-refractivity contribution is 1.18. The van der Waals surface area contributed by atoms with E-state index < -0.39 is 0 Å². The van der Waals surface area contributed by atoms with Crippen molar-refractivity contribution in [3.63, 3.8) is 0 Å². The Kier molecular flexibility index (Phi) is 6.36. The monoisotopic (exact) mass is 643 g/mol. The molecule has 10 rings (SSSR count). The van der Waals surface area contributed by atoms with Crippen molar-refractivity contribution in [2.45, 2.75) is 0 Å². The molecular weight excluding hydrogens is 615 g/mol. The number of thiazole rings is 1. The first-order chi connectivity index (χ1) is 24.3. The molecule has 8 aromatic carbocycles. The van der Waals surface area contributed by atoms with Gasteiger partial charge in [-0.25, -0.2) is 4.98 Å². The third-order valence-corrected chi connectivity index (χ3v) is 10.7. The van der Waals surface area contributed by atoms with Gasteiger partial charge in [0.25, 0.3) is 0 Å². The summed E-state index contributed by atoms with van der Waals surface area (Å²) in [5, 5.41) is 8.49. The summed E-state index contributed by atoms with van der Waals surface area (Å²) in [6.45, 7) is 0. The van der Waals surface area contributed by atoms with Crippen molar-refractivity contribution in [1.82, 2.24) is 9.55 Å². The minimum atomic E-state index is 1.03. The number of aromatic nitrogens is 2. The Hall–Kier alpha value is -6.23. The Balaban J connectivity index is 1.11. The summed E-state index contributed by atoms with van der Waals surface area (Å²) in [7, 11) is 0. The fourth-order valence-corrected chi connectivity index (χ4v) is 8.51. The van der Waals surface area contributed by atoms with Crippen LogP contribution in [0.4, 0.5) is 17.1 Å². The van der Waals surface area contributed by atoms with E-state index in [0.29, 0.717) is 0 Å². The second kappa shape index (κ2) is 11.2. The van der Waals surface area contributed by atoms with E-state index in [1.165, 1.54) is 48.1 Å². The van der Waals surface area contributed by atoms with Gasteiger partial charge in [0.1, 0.15) is 5.01 Å². The summed E-state index contributed by atoms with van der Waals surface area (Å²) in [5.41, 5.74) is 9.06. The predicted octanol–water partition coefficient (Wildman–Crippen LogP) is 12.8. The molecule has 0 fully saturated rings. The normalized spacial score (nSPS) is 11.7. The molecule has 2 aromatic heterocycles. The average Bonchev–Trinajstić information content (AvgIpc) is 3.77. The molecule has 0 atom stereocenters. The summed E-state index contributed by atoms with van der Waals surface area (Å²) >= 11 is 1.78. The number of hydrogen-bond donors (Lipinski definition) is 0. The Bertz CT molecular complexity index is 2740. The number of para-hydroxylation sites is 3. The SMILES string of the molecule is c1ccc(N(c2ccc(-c3nc4c5ccccc5c5ccccc5c4s3)cc2)c2ccc3c(c2)c2ccccc2n3-c2ccccc2)cc1. The summed E-state index contributed by atoms with van der Waals surface area (Å²) < 4.78 is 3.60. The van der Waals surface area contributed by atoms with E-state index in [-0.39, 0.29) is 0 Å². The Morgan fingerprint density at radius 2 is 0.980 bits per heavy atom. The fraction of sp³-hybridized carbons (Fsp3) is 0. The zero-order valence-corrected chi connectivity index (χ0v) is 27.3. The first-order valence-corrected chi connectivity index (χ1v) is 17.4. The van der Waals surface area contributed by atoms with Gasteiger partial charge in [-0.05, 0) is 83.6 Å². The first kappa shape index (κ1) is 27.8. The van der Waals surface area contributed by atoms with Gasteiger partial charge in [-0.15, -0.1) is 11.3 Å². The van der Waals surface area contributed by atoms with Crippen LogP contribution in [0.3, 0.4) is 0 Å². The molecule has 49 heavy (non-hydrogen) atoms. The molecule has 0 radical (unpaired) electrons. The van der Waals surface area contributed by atoms with E-state index in [1.54, 1.807) is 11.3 Å². The molecule has 0 amide bonds. The van der Waals surface area contributed by atoms with Gasteiger partial charge >= 0.3 is 0 Å². The van der Waals surface area contributed by atoms with Crippen molar-refractivity contribution in [3.05, 3.63) is 176 Å². The maximum Gasteiger partial charge on any atom is 0.124 e. The summed E-state index contributed by atoms with van der Waals surface area (Å²) in [4.78, 5) is 7.59. The van der Waals surface area contributed by atoms with Crippen molar-refractivity contribution in [1.29, 1.82) is 0 Å². The van der Waals surface area contributed by atoms with Crippen molar-refractivity contribution in [2.24, 2.45) is 0 Å². The quantitative estimate of drug-likeness (QED) is 0.174. The van der Waals surface area contributed by atoms with Crippen LogP contribution in [0, 0.1) is 0 Å². The van der Waals surface area contributed by atoms with Crippen LogP contribution in [-0.4, -0.2) is 9.55 Å². The minimum Gasteiger partial charge on any atom is -0.310 e. The molecule has 0 unspecified atom stereocenters.